The number of carboxylic acid groups (broad SMARTS) is 1. The summed E-state index contributed by atoms with van der Waals surface area (Å²) < 4.78 is 5.15. The third-order valence-electron chi connectivity index (χ3n) is 4.47. The van der Waals surface area contributed by atoms with Gasteiger partial charge in [0.05, 0.1) is 12.6 Å². The van der Waals surface area contributed by atoms with Crippen molar-refractivity contribution >= 4 is 46.1 Å². The Hall–Kier alpha value is -3.26. The molecule has 1 aliphatic carbocycles. The van der Waals surface area contributed by atoms with Gasteiger partial charge in [0.1, 0.15) is 17.3 Å². The van der Waals surface area contributed by atoms with E-state index in [1.807, 2.05) is 0 Å². The first-order valence-corrected chi connectivity index (χ1v) is 10.5. The molecule has 3 rings (SSSR count). The van der Waals surface area contributed by atoms with Crippen LogP contribution in [0.3, 0.4) is 0 Å². The molecule has 1 aromatic rings. The number of amides is 3. The number of nitrogens with zero attached hydrogens (tertiary/aromatic N) is 2. The van der Waals surface area contributed by atoms with Crippen molar-refractivity contribution in [3.8, 4) is 0 Å². The smallest absolute Gasteiger partial charge is 0.413 e. The normalized spacial score (nSPS) is 21.6. The number of rotatable bonds is 8. The summed E-state index contributed by atoms with van der Waals surface area (Å²) >= 11 is 0.974. The summed E-state index contributed by atoms with van der Waals surface area (Å²) in [6, 6.07) is -1.66. The molecule has 174 valence electrons. The molecule has 1 saturated carbocycles. The number of aromatic nitrogens is 1. The van der Waals surface area contributed by atoms with Gasteiger partial charge in [0.25, 0.3) is 5.91 Å². The highest BCUT2D eigenvalue weighted by Gasteiger charge is 2.54. The van der Waals surface area contributed by atoms with Crippen LogP contribution in [-0.4, -0.2) is 74.7 Å². The van der Waals surface area contributed by atoms with E-state index >= 15 is 0 Å². The van der Waals surface area contributed by atoms with Crippen LogP contribution in [0.5, 0.6) is 0 Å². The molecule has 2 heterocycles. The quantitative estimate of drug-likeness (QED) is 0.195. The maximum Gasteiger partial charge on any atom is 0.413 e. The summed E-state index contributed by atoms with van der Waals surface area (Å²) in [4.78, 5) is 57.0. The molecule has 0 radical (unpaired) electrons. The number of aliphatic hydroxyl groups is 1. The van der Waals surface area contributed by atoms with Gasteiger partial charge < -0.3 is 30.4 Å². The van der Waals surface area contributed by atoms with Crippen LogP contribution in [-0.2, 0) is 24.0 Å². The summed E-state index contributed by atoms with van der Waals surface area (Å²) in [5.74, 6) is -2.57. The number of anilines is 1. The number of nitrogens with one attached hydrogen (secondary N) is 3. The fourth-order valence-corrected chi connectivity index (χ4v) is 3.28. The second kappa shape index (κ2) is 8.70. The Morgan fingerprint density at radius 3 is 2.59 bits per heavy atom. The Morgan fingerprint density at radius 1 is 1.38 bits per heavy atom. The first kappa shape index (κ1) is 23.4. The van der Waals surface area contributed by atoms with Gasteiger partial charge in [-0.1, -0.05) is 5.16 Å². The lowest BCUT2D eigenvalue weighted by Gasteiger charge is -2.35. The van der Waals surface area contributed by atoms with Crippen molar-refractivity contribution in [1.29, 1.82) is 0 Å². The monoisotopic (exact) mass is 469 g/mol. The van der Waals surface area contributed by atoms with E-state index in [0.717, 1.165) is 11.3 Å². The summed E-state index contributed by atoms with van der Waals surface area (Å²) in [5.41, 5.74) is -2.64. The molecule has 2 fully saturated rings. The van der Waals surface area contributed by atoms with Crippen LogP contribution in [0.15, 0.2) is 10.5 Å². The topological polar surface area (TPSA) is 189 Å². The fourth-order valence-electron chi connectivity index (χ4n) is 2.60. The van der Waals surface area contributed by atoms with E-state index in [0.29, 0.717) is 0 Å². The molecule has 2 aliphatic rings. The van der Waals surface area contributed by atoms with E-state index in [2.05, 4.69) is 26.1 Å². The second-order valence-electron chi connectivity index (χ2n) is 8.24. The molecule has 32 heavy (non-hydrogen) atoms. The van der Waals surface area contributed by atoms with Crippen molar-refractivity contribution in [2.75, 3.05) is 11.9 Å². The molecule has 13 nitrogen and oxygen atoms in total. The Morgan fingerprint density at radius 2 is 2.06 bits per heavy atom. The van der Waals surface area contributed by atoms with Gasteiger partial charge in [-0.2, -0.15) is 0 Å². The summed E-state index contributed by atoms with van der Waals surface area (Å²) in [6.45, 7) is 4.69. The maximum atomic E-state index is 12.8. The van der Waals surface area contributed by atoms with E-state index in [9.17, 15) is 29.4 Å². The van der Waals surface area contributed by atoms with Crippen molar-refractivity contribution in [2.24, 2.45) is 5.16 Å². The molecule has 1 aromatic heterocycles. The van der Waals surface area contributed by atoms with Crippen molar-refractivity contribution in [3.63, 3.8) is 0 Å². The van der Waals surface area contributed by atoms with Crippen LogP contribution in [0.4, 0.5) is 9.93 Å². The third kappa shape index (κ3) is 5.31. The molecule has 1 saturated heterocycles. The highest BCUT2D eigenvalue weighted by Crippen LogP contribution is 2.40. The first-order chi connectivity index (χ1) is 14.9. The van der Waals surface area contributed by atoms with Crippen LogP contribution in [0, 0.1) is 0 Å². The van der Waals surface area contributed by atoms with Crippen molar-refractivity contribution in [2.45, 2.75) is 56.9 Å². The van der Waals surface area contributed by atoms with Crippen LogP contribution in [0.1, 0.15) is 39.3 Å². The Labute approximate surface area is 186 Å². The lowest BCUT2D eigenvalue weighted by atomic mass is 9.99. The number of β-lactam (4-membered cyclic amide) rings is 1. The summed E-state index contributed by atoms with van der Waals surface area (Å²) in [5, 5.41) is 31.0. The number of hydrogen-bond acceptors (Lipinski definition) is 10. The minimum atomic E-state index is -1.51. The predicted molar refractivity (Wildman–Crippen MR) is 110 cm³/mol. The number of aliphatic hydroxyl groups excluding tert-OH is 1. The van der Waals surface area contributed by atoms with Gasteiger partial charge in [0.15, 0.2) is 10.8 Å². The average molecular weight is 469 g/mol. The van der Waals surface area contributed by atoms with Gasteiger partial charge >= 0.3 is 12.1 Å². The number of carboxylic acids is 1. The Kier molecular flexibility index (Phi) is 6.37. The standard InChI is InChI=1S/C18H23N5O8S/c1-17(2,3)30-16(29)22-15-20-9(7-32-15)11(23-31-18(4-5-18)14(27)28)13(26)21-10-8(6-24)19-12(10)25/h7-8,10,24H,4-6H2,1-3H3,(H,19,25)(H,21,26)(H,27,28)(H,20,22,29)/t8-,10+/m1/s1. The minimum absolute atomic E-state index is 0.0139. The molecule has 1 aliphatic heterocycles. The third-order valence-corrected chi connectivity index (χ3v) is 5.23. The van der Waals surface area contributed by atoms with Gasteiger partial charge in [-0.05, 0) is 20.8 Å². The summed E-state index contributed by atoms with van der Waals surface area (Å²) in [6.07, 6.45) is -0.306. The molecule has 0 spiro atoms. The second-order valence-corrected chi connectivity index (χ2v) is 9.10. The van der Waals surface area contributed by atoms with Gasteiger partial charge in [0.2, 0.25) is 11.5 Å². The molecular formula is C18H23N5O8S. The van der Waals surface area contributed by atoms with Gasteiger partial charge in [-0.15, -0.1) is 11.3 Å². The highest BCUT2D eigenvalue weighted by molar-refractivity contribution is 7.14. The zero-order valence-electron chi connectivity index (χ0n) is 17.5. The number of thiazole rings is 1. The molecular weight excluding hydrogens is 446 g/mol. The zero-order valence-corrected chi connectivity index (χ0v) is 18.3. The first-order valence-electron chi connectivity index (χ1n) is 9.62. The van der Waals surface area contributed by atoms with E-state index in [1.165, 1.54) is 5.38 Å². The number of oxime groups is 1. The Balaban J connectivity index is 1.79. The number of ether oxygens (including phenoxy) is 1. The van der Waals surface area contributed by atoms with Crippen molar-refractivity contribution in [3.05, 3.63) is 11.1 Å². The molecule has 3 amide bonds. The van der Waals surface area contributed by atoms with Crippen LogP contribution >= 0.6 is 11.3 Å². The van der Waals surface area contributed by atoms with Gasteiger partial charge in [-0.3, -0.25) is 14.9 Å². The van der Waals surface area contributed by atoms with Crippen molar-refractivity contribution in [1.82, 2.24) is 15.6 Å². The zero-order chi connectivity index (χ0) is 23.7. The number of hydrogen-bond donors (Lipinski definition) is 5. The maximum absolute atomic E-state index is 12.8. The minimum Gasteiger partial charge on any atom is -0.478 e. The van der Waals surface area contributed by atoms with Crippen molar-refractivity contribution < 1.29 is 39.0 Å². The number of carbonyl (C=O) groups excluding carboxylic acids is 3. The molecule has 0 aromatic carbocycles. The molecule has 2 atom stereocenters. The van der Waals surface area contributed by atoms with Crippen LogP contribution in [0.2, 0.25) is 0 Å². The van der Waals surface area contributed by atoms with E-state index in [4.69, 9.17) is 9.57 Å². The molecule has 0 bridgehead atoms. The lowest BCUT2D eigenvalue weighted by molar-refractivity contribution is -0.153. The lowest BCUT2D eigenvalue weighted by Crippen LogP contribution is -2.70. The number of aliphatic carboxylic acids is 1. The predicted octanol–water partition coefficient (Wildman–Crippen LogP) is -0.196. The molecule has 5 N–H and O–H groups in total. The van der Waals surface area contributed by atoms with E-state index in [1.54, 1.807) is 20.8 Å². The van der Waals surface area contributed by atoms with E-state index < -0.39 is 47.2 Å². The van der Waals surface area contributed by atoms with E-state index in [-0.39, 0.29) is 36.0 Å². The molecule has 0 unspecified atom stereocenters. The largest absolute Gasteiger partial charge is 0.478 e. The van der Waals surface area contributed by atoms with Gasteiger partial charge in [-0.25, -0.2) is 14.6 Å². The summed E-state index contributed by atoms with van der Waals surface area (Å²) in [7, 11) is 0. The van der Waals surface area contributed by atoms with Crippen LogP contribution < -0.4 is 16.0 Å². The van der Waals surface area contributed by atoms with Gasteiger partial charge in [0, 0.05) is 18.2 Å². The van der Waals surface area contributed by atoms with Crippen LogP contribution in [0.25, 0.3) is 0 Å². The highest BCUT2D eigenvalue weighted by atomic mass is 32.1. The number of carbonyl (C=O) groups is 4. The SMILES string of the molecule is CC(C)(C)OC(=O)Nc1nc(C(=NOC2(C(=O)O)CC2)C(=O)N[C@@H]2C(=O)N[C@@H]2CO)cs1. The molecule has 14 heteroatoms. The Bertz CT molecular complexity index is 965. The fraction of sp³-hybridized carbons (Fsp3) is 0.556. The average Bonchev–Trinajstić information content (AvgIpc) is 3.35.